The summed E-state index contributed by atoms with van der Waals surface area (Å²) >= 11 is 0. The summed E-state index contributed by atoms with van der Waals surface area (Å²) < 4.78 is 5.33. The molecule has 2 fully saturated rings. The number of hydrogen-bond acceptors (Lipinski definition) is 4. The number of carbonyl (C=O) groups is 2. The van der Waals surface area contributed by atoms with Gasteiger partial charge in [0.05, 0.1) is 13.5 Å². The summed E-state index contributed by atoms with van der Waals surface area (Å²) in [4.78, 5) is 27.0. The second-order valence-electron chi connectivity index (χ2n) is 7.78. The fourth-order valence-electron chi connectivity index (χ4n) is 4.18. The molecule has 0 bridgehead atoms. The van der Waals surface area contributed by atoms with Gasteiger partial charge in [0.25, 0.3) is 0 Å². The average Bonchev–Trinajstić information content (AvgIpc) is 2.69. The van der Waals surface area contributed by atoms with Crippen molar-refractivity contribution in [1.29, 1.82) is 0 Å². The highest BCUT2D eigenvalue weighted by Crippen LogP contribution is 2.24. The molecule has 1 saturated heterocycles. The molecular formula is C21H32ClN3O3. The van der Waals surface area contributed by atoms with Gasteiger partial charge in [-0.3, -0.25) is 9.59 Å². The van der Waals surface area contributed by atoms with E-state index in [4.69, 9.17) is 10.5 Å². The maximum absolute atomic E-state index is 12.6. The number of benzene rings is 1. The highest BCUT2D eigenvalue weighted by atomic mass is 35.5. The molecule has 156 valence electrons. The van der Waals surface area contributed by atoms with Crippen molar-refractivity contribution in [2.24, 2.45) is 11.7 Å². The maximum atomic E-state index is 12.6. The molecule has 0 radical (unpaired) electrons. The minimum absolute atomic E-state index is 0. The van der Waals surface area contributed by atoms with Crippen molar-refractivity contribution in [3.05, 3.63) is 29.8 Å². The van der Waals surface area contributed by atoms with Gasteiger partial charge in [-0.1, -0.05) is 24.6 Å². The molecular weight excluding hydrogens is 378 g/mol. The summed E-state index contributed by atoms with van der Waals surface area (Å²) in [6, 6.07) is 7.94. The van der Waals surface area contributed by atoms with Gasteiger partial charge in [-0.2, -0.15) is 0 Å². The lowest BCUT2D eigenvalue weighted by Gasteiger charge is -2.34. The van der Waals surface area contributed by atoms with E-state index in [9.17, 15) is 9.59 Å². The number of halogens is 1. The molecule has 1 aliphatic heterocycles. The van der Waals surface area contributed by atoms with Crippen LogP contribution in [0.3, 0.4) is 0 Å². The first-order valence-electron chi connectivity index (χ1n) is 10.0. The van der Waals surface area contributed by atoms with Gasteiger partial charge in [-0.05, 0) is 38.2 Å². The van der Waals surface area contributed by atoms with Crippen LogP contribution in [0.15, 0.2) is 24.3 Å². The summed E-state index contributed by atoms with van der Waals surface area (Å²) in [5.74, 6) is 1.06. The number of amides is 2. The van der Waals surface area contributed by atoms with Crippen molar-refractivity contribution in [2.45, 2.75) is 57.0 Å². The molecule has 2 atom stereocenters. The Hall–Kier alpha value is -1.79. The Bertz CT molecular complexity index is 662. The van der Waals surface area contributed by atoms with Crippen molar-refractivity contribution >= 4 is 24.2 Å². The Labute approximate surface area is 173 Å². The number of carbonyl (C=O) groups excluding carboxylic acids is 2. The molecule has 6 nitrogen and oxygen atoms in total. The summed E-state index contributed by atoms with van der Waals surface area (Å²) in [7, 11) is 1.62. The first-order chi connectivity index (χ1) is 13.1. The van der Waals surface area contributed by atoms with Crippen LogP contribution in [-0.2, 0) is 16.0 Å². The van der Waals surface area contributed by atoms with E-state index in [0.29, 0.717) is 19.5 Å². The SMILES string of the molecule is COc1ccccc1CC(=O)N1CCC(NC(=O)C2CCCC(N)C2)CC1.Cl. The van der Waals surface area contributed by atoms with Crippen LogP contribution in [0.4, 0.5) is 0 Å². The summed E-state index contributed by atoms with van der Waals surface area (Å²) in [5.41, 5.74) is 6.91. The minimum atomic E-state index is 0. The predicted molar refractivity (Wildman–Crippen MR) is 112 cm³/mol. The van der Waals surface area contributed by atoms with Gasteiger partial charge in [0.1, 0.15) is 5.75 Å². The standard InChI is InChI=1S/C21H31N3O3.ClH/c1-27-19-8-3-2-5-15(19)14-20(25)24-11-9-18(10-12-24)23-21(26)16-6-4-7-17(22)13-16;/h2-3,5,8,16-18H,4,6-7,9-14,22H2,1H3,(H,23,26);1H. The molecule has 2 unspecified atom stereocenters. The number of methoxy groups -OCH3 is 1. The molecule has 1 heterocycles. The molecule has 0 aromatic heterocycles. The van der Waals surface area contributed by atoms with Crippen LogP contribution >= 0.6 is 12.4 Å². The largest absolute Gasteiger partial charge is 0.496 e. The Kier molecular flexibility index (Phi) is 8.58. The zero-order valence-corrected chi connectivity index (χ0v) is 17.4. The normalized spacial score (nSPS) is 22.9. The Morgan fingerprint density at radius 3 is 2.57 bits per heavy atom. The number of piperidine rings is 1. The molecule has 1 aliphatic carbocycles. The van der Waals surface area contributed by atoms with Gasteiger partial charge < -0.3 is 20.7 Å². The van der Waals surface area contributed by atoms with Crippen molar-refractivity contribution < 1.29 is 14.3 Å². The van der Waals surface area contributed by atoms with Gasteiger partial charge in [-0.15, -0.1) is 12.4 Å². The quantitative estimate of drug-likeness (QED) is 0.781. The second kappa shape index (κ2) is 10.7. The van der Waals surface area contributed by atoms with Crippen molar-refractivity contribution in [1.82, 2.24) is 10.2 Å². The van der Waals surface area contributed by atoms with Crippen LogP contribution in [0.2, 0.25) is 0 Å². The van der Waals surface area contributed by atoms with E-state index in [-0.39, 0.29) is 42.2 Å². The number of likely N-dealkylation sites (tertiary alicyclic amines) is 1. The predicted octanol–water partition coefficient (Wildman–Crippen LogP) is 2.28. The van der Waals surface area contributed by atoms with Crippen LogP contribution in [0.25, 0.3) is 0 Å². The highest BCUT2D eigenvalue weighted by Gasteiger charge is 2.29. The lowest BCUT2D eigenvalue weighted by atomic mass is 9.85. The Morgan fingerprint density at radius 2 is 1.89 bits per heavy atom. The number of ether oxygens (including phenoxy) is 1. The van der Waals surface area contributed by atoms with Crippen molar-refractivity contribution in [3.8, 4) is 5.75 Å². The average molecular weight is 410 g/mol. The lowest BCUT2D eigenvalue weighted by Crippen LogP contribution is -2.49. The fraction of sp³-hybridized carbons (Fsp3) is 0.619. The zero-order valence-electron chi connectivity index (χ0n) is 16.6. The third kappa shape index (κ3) is 5.85. The summed E-state index contributed by atoms with van der Waals surface area (Å²) in [6.07, 6.45) is 5.76. The molecule has 2 amide bonds. The third-order valence-corrected chi connectivity index (χ3v) is 5.81. The number of nitrogens with one attached hydrogen (secondary N) is 1. The third-order valence-electron chi connectivity index (χ3n) is 5.81. The van der Waals surface area contributed by atoms with Crippen LogP contribution in [0.5, 0.6) is 5.75 Å². The highest BCUT2D eigenvalue weighted by molar-refractivity contribution is 5.85. The van der Waals surface area contributed by atoms with Gasteiger partial charge in [0, 0.05) is 36.7 Å². The van der Waals surface area contributed by atoms with Gasteiger partial charge in [0.15, 0.2) is 0 Å². The molecule has 3 N–H and O–H groups in total. The van der Waals surface area contributed by atoms with Gasteiger partial charge in [0.2, 0.25) is 11.8 Å². The number of rotatable bonds is 5. The number of hydrogen-bond donors (Lipinski definition) is 2. The van der Waals surface area contributed by atoms with Gasteiger partial charge in [-0.25, -0.2) is 0 Å². The zero-order chi connectivity index (χ0) is 19.2. The molecule has 7 heteroatoms. The number of nitrogens with zero attached hydrogens (tertiary/aromatic N) is 1. The topological polar surface area (TPSA) is 84.7 Å². The van der Waals surface area contributed by atoms with E-state index >= 15 is 0 Å². The van der Waals surface area contributed by atoms with Crippen molar-refractivity contribution in [3.63, 3.8) is 0 Å². The Morgan fingerprint density at radius 1 is 1.18 bits per heavy atom. The van der Waals surface area contributed by atoms with Crippen LogP contribution in [0, 0.1) is 5.92 Å². The molecule has 2 aliphatic rings. The molecule has 1 saturated carbocycles. The summed E-state index contributed by atoms with van der Waals surface area (Å²) in [5, 5.41) is 3.18. The van der Waals surface area contributed by atoms with E-state index in [2.05, 4.69) is 5.32 Å². The number of para-hydroxylation sites is 1. The fourth-order valence-corrected chi connectivity index (χ4v) is 4.18. The van der Waals surface area contributed by atoms with Crippen LogP contribution in [-0.4, -0.2) is 49.0 Å². The van der Waals surface area contributed by atoms with E-state index < -0.39 is 0 Å². The second-order valence-corrected chi connectivity index (χ2v) is 7.78. The van der Waals surface area contributed by atoms with E-state index in [1.165, 1.54) is 0 Å². The van der Waals surface area contributed by atoms with Crippen molar-refractivity contribution in [2.75, 3.05) is 20.2 Å². The monoisotopic (exact) mass is 409 g/mol. The van der Waals surface area contributed by atoms with E-state index in [1.807, 2.05) is 29.2 Å². The number of nitrogens with two attached hydrogens (primary N) is 1. The van der Waals surface area contributed by atoms with Crippen LogP contribution in [0.1, 0.15) is 44.1 Å². The Balaban J connectivity index is 0.00000280. The minimum Gasteiger partial charge on any atom is -0.496 e. The molecule has 3 rings (SSSR count). The molecule has 28 heavy (non-hydrogen) atoms. The lowest BCUT2D eigenvalue weighted by molar-refractivity contribution is -0.132. The van der Waals surface area contributed by atoms with E-state index in [1.54, 1.807) is 7.11 Å². The molecule has 0 spiro atoms. The van der Waals surface area contributed by atoms with Gasteiger partial charge >= 0.3 is 0 Å². The summed E-state index contributed by atoms with van der Waals surface area (Å²) in [6.45, 7) is 1.37. The maximum Gasteiger partial charge on any atom is 0.227 e. The first-order valence-corrected chi connectivity index (χ1v) is 10.0. The van der Waals surface area contributed by atoms with E-state index in [0.717, 1.165) is 49.8 Å². The van der Waals surface area contributed by atoms with Crippen LogP contribution < -0.4 is 15.8 Å². The first kappa shape index (κ1) is 22.5. The molecule has 1 aromatic rings. The smallest absolute Gasteiger partial charge is 0.227 e. The molecule has 1 aromatic carbocycles.